The molecule has 1 heterocycles. The van der Waals surface area contributed by atoms with Crippen molar-refractivity contribution in [2.45, 2.75) is 18.9 Å². The lowest BCUT2D eigenvalue weighted by atomic mass is 9.96. The molecule has 1 aliphatic rings. The first kappa shape index (κ1) is 12.1. The number of para-hydroxylation sites is 1. The van der Waals surface area contributed by atoms with Gasteiger partial charge in [0.1, 0.15) is 12.3 Å². The Balaban J connectivity index is 2.33. The van der Waals surface area contributed by atoms with Crippen LogP contribution in [0.4, 0.5) is 11.4 Å². The number of fused-ring (bicyclic) bond motifs is 1. The lowest BCUT2D eigenvalue weighted by molar-refractivity contribution is -0.119. The third kappa shape index (κ3) is 1.71. The molecule has 1 unspecified atom stereocenters. The van der Waals surface area contributed by atoms with E-state index in [1.165, 1.54) is 4.90 Å². The zero-order chi connectivity index (χ0) is 13.3. The van der Waals surface area contributed by atoms with E-state index in [4.69, 9.17) is 11.5 Å². The number of carbonyl (C=O) groups excluding carboxylic acids is 3. The summed E-state index contributed by atoms with van der Waals surface area (Å²) >= 11 is 0. The number of rotatable bonds is 5. The van der Waals surface area contributed by atoms with Gasteiger partial charge < -0.3 is 16.3 Å². The summed E-state index contributed by atoms with van der Waals surface area (Å²) in [5.41, 5.74) is 12.5. The number of anilines is 2. The Kier molecular flexibility index (Phi) is 3.01. The van der Waals surface area contributed by atoms with Crippen LogP contribution in [0.3, 0.4) is 0 Å². The quantitative estimate of drug-likeness (QED) is 0.566. The van der Waals surface area contributed by atoms with E-state index >= 15 is 0 Å². The molecular formula is C12H13N3O3. The molecule has 0 aliphatic carbocycles. The topological polar surface area (TPSA) is 106 Å². The molecule has 18 heavy (non-hydrogen) atoms. The lowest BCUT2D eigenvalue weighted by Gasteiger charge is -2.39. The number of carbonyl (C=O) groups is 3. The van der Waals surface area contributed by atoms with E-state index in [9.17, 15) is 14.4 Å². The van der Waals surface area contributed by atoms with Gasteiger partial charge >= 0.3 is 0 Å². The summed E-state index contributed by atoms with van der Waals surface area (Å²) in [5.74, 6) is -0.925. The number of nitrogen functional groups attached to an aromatic ring is 1. The van der Waals surface area contributed by atoms with Gasteiger partial charge in [-0.1, -0.05) is 6.07 Å². The van der Waals surface area contributed by atoms with E-state index in [-0.39, 0.29) is 18.7 Å². The average molecular weight is 247 g/mol. The normalized spacial score (nSPS) is 14.7. The number of hydrogen-bond acceptors (Lipinski definition) is 4. The van der Waals surface area contributed by atoms with E-state index in [2.05, 4.69) is 0 Å². The van der Waals surface area contributed by atoms with Crippen molar-refractivity contribution >= 4 is 29.5 Å². The van der Waals surface area contributed by atoms with Crippen LogP contribution in [0.2, 0.25) is 0 Å². The molecule has 0 fully saturated rings. The predicted molar refractivity (Wildman–Crippen MR) is 65.9 cm³/mol. The van der Waals surface area contributed by atoms with Crippen LogP contribution in [0.25, 0.3) is 0 Å². The van der Waals surface area contributed by atoms with Gasteiger partial charge in [0.25, 0.3) is 5.91 Å². The van der Waals surface area contributed by atoms with Crippen LogP contribution in [0.1, 0.15) is 23.2 Å². The van der Waals surface area contributed by atoms with Crippen LogP contribution in [0.15, 0.2) is 18.2 Å². The summed E-state index contributed by atoms with van der Waals surface area (Å²) in [5, 5.41) is 0. The zero-order valence-corrected chi connectivity index (χ0v) is 9.63. The van der Waals surface area contributed by atoms with Crippen LogP contribution in [0, 0.1) is 0 Å². The molecule has 0 aromatic heterocycles. The van der Waals surface area contributed by atoms with Crippen molar-refractivity contribution in [1.29, 1.82) is 0 Å². The number of primary amides is 1. The Morgan fingerprint density at radius 2 is 2.17 bits per heavy atom. The Hall–Kier alpha value is -2.37. The van der Waals surface area contributed by atoms with Gasteiger partial charge in [0, 0.05) is 6.42 Å². The molecule has 2 rings (SSSR count). The number of amides is 2. The van der Waals surface area contributed by atoms with Crippen LogP contribution in [-0.4, -0.2) is 24.1 Å². The molecule has 0 radical (unpaired) electrons. The summed E-state index contributed by atoms with van der Waals surface area (Å²) in [7, 11) is 0. The molecule has 6 nitrogen and oxygen atoms in total. The summed E-state index contributed by atoms with van der Waals surface area (Å²) in [6.45, 7) is 0. The highest BCUT2D eigenvalue weighted by molar-refractivity contribution is 6.24. The Morgan fingerprint density at radius 3 is 2.78 bits per heavy atom. The number of nitrogens with zero attached hydrogens (tertiary/aromatic N) is 1. The fourth-order valence-electron chi connectivity index (χ4n) is 2.10. The molecule has 1 aliphatic heterocycles. The Bertz CT molecular complexity index is 527. The fraction of sp³-hybridized carbons (Fsp3) is 0.250. The number of nitrogens with two attached hydrogens (primary N) is 2. The van der Waals surface area contributed by atoms with Gasteiger partial charge in [0.2, 0.25) is 5.91 Å². The standard InChI is InChI=1S/C12H13N3O3/c13-8-4-1-3-7-10(8)15(12(7)18)9(11(14)17)5-2-6-16/h1,3-4,6,9H,2,5,13H2,(H2,14,17). The van der Waals surface area contributed by atoms with Crippen molar-refractivity contribution < 1.29 is 14.4 Å². The average Bonchev–Trinajstić information content (AvgIpc) is 2.34. The van der Waals surface area contributed by atoms with Gasteiger partial charge in [-0.05, 0) is 18.6 Å². The van der Waals surface area contributed by atoms with Crippen LogP contribution in [-0.2, 0) is 9.59 Å². The van der Waals surface area contributed by atoms with Crippen LogP contribution >= 0.6 is 0 Å². The lowest BCUT2D eigenvalue weighted by Crippen LogP contribution is -2.54. The van der Waals surface area contributed by atoms with Crippen molar-refractivity contribution in [2.24, 2.45) is 5.73 Å². The monoisotopic (exact) mass is 247 g/mol. The molecule has 2 amide bonds. The molecule has 0 saturated carbocycles. The van der Waals surface area contributed by atoms with Crippen LogP contribution in [0.5, 0.6) is 0 Å². The van der Waals surface area contributed by atoms with Gasteiger partial charge in [-0.2, -0.15) is 0 Å². The highest BCUT2D eigenvalue weighted by Gasteiger charge is 2.41. The molecule has 4 N–H and O–H groups in total. The number of hydrogen-bond donors (Lipinski definition) is 2. The first-order valence-electron chi connectivity index (χ1n) is 5.53. The third-order valence-corrected chi connectivity index (χ3v) is 2.96. The summed E-state index contributed by atoms with van der Waals surface area (Å²) in [6.07, 6.45) is 1.06. The minimum Gasteiger partial charge on any atom is -0.397 e. The molecule has 1 aromatic rings. The van der Waals surface area contributed by atoms with Gasteiger partial charge in [-0.15, -0.1) is 0 Å². The summed E-state index contributed by atoms with van der Waals surface area (Å²) in [4.78, 5) is 34.9. The third-order valence-electron chi connectivity index (χ3n) is 2.96. The Labute approximate surface area is 104 Å². The first-order chi connectivity index (χ1) is 8.57. The van der Waals surface area contributed by atoms with Crippen molar-refractivity contribution in [1.82, 2.24) is 0 Å². The fourth-order valence-corrected chi connectivity index (χ4v) is 2.10. The van der Waals surface area contributed by atoms with E-state index in [1.807, 2.05) is 0 Å². The minimum absolute atomic E-state index is 0.166. The van der Waals surface area contributed by atoms with Crippen molar-refractivity contribution in [2.75, 3.05) is 10.6 Å². The maximum absolute atomic E-state index is 11.9. The molecule has 0 spiro atoms. The highest BCUT2D eigenvalue weighted by atomic mass is 16.2. The molecule has 0 bridgehead atoms. The van der Waals surface area contributed by atoms with Crippen molar-refractivity contribution in [3.8, 4) is 0 Å². The smallest absolute Gasteiger partial charge is 0.261 e. The SMILES string of the molecule is NC(=O)C(CCC=O)N1C(=O)c2cccc(N)c21. The first-order valence-corrected chi connectivity index (χ1v) is 5.53. The van der Waals surface area contributed by atoms with Gasteiger partial charge in [0.15, 0.2) is 0 Å². The zero-order valence-electron chi connectivity index (χ0n) is 9.63. The summed E-state index contributed by atoms with van der Waals surface area (Å²) in [6, 6.07) is 4.15. The molecule has 1 atom stereocenters. The van der Waals surface area contributed by atoms with E-state index < -0.39 is 11.9 Å². The maximum atomic E-state index is 11.9. The second-order valence-corrected chi connectivity index (χ2v) is 4.08. The highest BCUT2D eigenvalue weighted by Crippen LogP contribution is 2.39. The molecule has 0 saturated heterocycles. The Morgan fingerprint density at radius 1 is 1.44 bits per heavy atom. The van der Waals surface area contributed by atoms with Gasteiger partial charge in [-0.25, -0.2) is 0 Å². The minimum atomic E-state index is -0.820. The predicted octanol–water partition coefficient (Wildman–Crippen LogP) is 0.0620. The van der Waals surface area contributed by atoms with E-state index in [0.29, 0.717) is 23.2 Å². The molecule has 6 heteroatoms. The van der Waals surface area contributed by atoms with E-state index in [0.717, 1.165) is 0 Å². The van der Waals surface area contributed by atoms with Crippen molar-refractivity contribution in [3.05, 3.63) is 23.8 Å². The van der Waals surface area contributed by atoms with Crippen molar-refractivity contribution in [3.63, 3.8) is 0 Å². The molecule has 94 valence electrons. The largest absolute Gasteiger partial charge is 0.397 e. The van der Waals surface area contributed by atoms with Crippen LogP contribution < -0.4 is 16.4 Å². The molecule has 1 aromatic carbocycles. The maximum Gasteiger partial charge on any atom is 0.261 e. The molecular weight excluding hydrogens is 234 g/mol. The number of benzene rings is 1. The second-order valence-electron chi connectivity index (χ2n) is 4.08. The van der Waals surface area contributed by atoms with E-state index in [1.54, 1.807) is 18.2 Å². The summed E-state index contributed by atoms with van der Waals surface area (Å²) < 4.78 is 0. The van der Waals surface area contributed by atoms with Gasteiger partial charge in [-0.3, -0.25) is 14.5 Å². The number of aldehydes is 1. The second kappa shape index (κ2) is 4.48. The van der Waals surface area contributed by atoms with Gasteiger partial charge in [0.05, 0.1) is 16.9 Å².